The van der Waals surface area contributed by atoms with E-state index >= 15 is 0 Å². The number of nitrogens with zero attached hydrogens (tertiary/aromatic N) is 3. The second kappa shape index (κ2) is 7.52. The maximum Gasteiger partial charge on any atom is 0.233 e. The number of carbonyl (C=O) groups is 1. The molecule has 3 rings (SSSR count). The summed E-state index contributed by atoms with van der Waals surface area (Å²) in [5.74, 6) is -0.507. The maximum absolute atomic E-state index is 11.5. The zero-order valence-corrected chi connectivity index (χ0v) is 15.0. The van der Waals surface area contributed by atoms with Gasteiger partial charge in [-0.05, 0) is 24.1 Å². The molecular weight excluding hydrogens is 354 g/mol. The summed E-state index contributed by atoms with van der Waals surface area (Å²) in [6, 6.07) is 9.93. The Labute approximate surface area is 151 Å². The lowest BCUT2D eigenvalue weighted by Gasteiger charge is -2.03. The molecule has 9 heteroatoms. The number of nitrogens with one attached hydrogen (secondary N) is 2. The normalized spacial score (nSPS) is 11.4. The van der Waals surface area contributed by atoms with Gasteiger partial charge in [-0.2, -0.15) is 10.2 Å². The summed E-state index contributed by atoms with van der Waals surface area (Å²) in [6.07, 6.45) is 6.96. The molecule has 3 aromatic rings. The fraction of sp³-hybridized carbons (Fsp3) is 0.235. The van der Waals surface area contributed by atoms with Crippen LogP contribution in [-0.2, 0) is 21.4 Å². The maximum atomic E-state index is 11.5. The monoisotopic (exact) mass is 373 g/mol. The van der Waals surface area contributed by atoms with Gasteiger partial charge >= 0.3 is 0 Å². The average molecular weight is 373 g/mol. The molecule has 0 aliphatic rings. The molecule has 1 aromatic carbocycles. The molecule has 0 aliphatic heterocycles. The molecule has 26 heavy (non-hydrogen) atoms. The van der Waals surface area contributed by atoms with Gasteiger partial charge in [0, 0.05) is 36.5 Å². The molecule has 2 N–H and O–H groups in total. The number of carbonyl (C=O) groups excluding carboxylic acids is 1. The molecule has 8 nitrogen and oxygen atoms in total. The van der Waals surface area contributed by atoms with Crippen molar-refractivity contribution in [3.05, 3.63) is 48.9 Å². The van der Waals surface area contributed by atoms with E-state index in [2.05, 4.69) is 21.4 Å². The van der Waals surface area contributed by atoms with Crippen molar-refractivity contribution in [2.75, 3.05) is 6.26 Å². The Morgan fingerprint density at radius 1 is 1.23 bits per heavy atom. The van der Waals surface area contributed by atoms with E-state index in [9.17, 15) is 13.2 Å². The summed E-state index contributed by atoms with van der Waals surface area (Å²) in [4.78, 5) is 11.5. The minimum Gasteiger partial charge on any atom is -0.278 e. The summed E-state index contributed by atoms with van der Waals surface area (Å²) < 4.78 is 25.7. The Hall–Kier alpha value is -2.94. The highest BCUT2D eigenvalue weighted by atomic mass is 32.2. The van der Waals surface area contributed by atoms with Gasteiger partial charge in [0.1, 0.15) is 0 Å². The van der Waals surface area contributed by atoms with Gasteiger partial charge < -0.3 is 0 Å². The topological polar surface area (TPSA) is 110 Å². The van der Waals surface area contributed by atoms with Crippen molar-refractivity contribution in [2.45, 2.75) is 19.4 Å². The Morgan fingerprint density at radius 2 is 2.04 bits per heavy atom. The molecule has 1 amide bonds. The van der Waals surface area contributed by atoms with E-state index in [1.807, 2.05) is 35.2 Å². The quantitative estimate of drug-likeness (QED) is 0.656. The van der Waals surface area contributed by atoms with E-state index in [1.54, 1.807) is 17.1 Å². The Kier molecular flexibility index (Phi) is 5.17. The van der Waals surface area contributed by atoms with Crippen LogP contribution in [0.3, 0.4) is 0 Å². The smallest absolute Gasteiger partial charge is 0.233 e. The lowest BCUT2D eigenvalue weighted by Crippen LogP contribution is -2.29. The first-order valence-electron chi connectivity index (χ1n) is 8.04. The average Bonchev–Trinajstić information content (AvgIpc) is 3.25. The molecule has 0 atom stereocenters. The highest BCUT2D eigenvalue weighted by Crippen LogP contribution is 2.24. The third-order valence-corrected chi connectivity index (χ3v) is 4.33. The van der Waals surface area contributed by atoms with Crippen LogP contribution in [0.4, 0.5) is 0 Å². The molecule has 0 saturated heterocycles. The highest BCUT2D eigenvalue weighted by Gasteiger charge is 2.09. The molecule has 136 valence electrons. The number of sulfonamides is 1. The number of hydrogen-bond acceptors (Lipinski definition) is 5. The fourth-order valence-electron chi connectivity index (χ4n) is 2.58. The van der Waals surface area contributed by atoms with E-state index in [4.69, 9.17) is 0 Å². The first-order valence-corrected chi connectivity index (χ1v) is 9.93. The van der Waals surface area contributed by atoms with Gasteiger partial charge in [-0.15, -0.1) is 0 Å². The number of aromatic amines is 1. The van der Waals surface area contributed by atoms with Crippen molar-refractivity contribution < 1.29 is 13.2 Å². The zero-order valence-electron chi connectivity index (χ0n) is 14.2. The van der Waals surface area contributed by atoms with Crippen LogP contribution < -0.4 is 4.72 Å². The number of benzene rings is 1. The molecule has 0 radical (unpaired) electrons. The van der Waals surface area contributed by atoms with Crippen LogP contribution in [0, 0.1) is 0 Å². The predicted octanol–water partition coefficient (Wildman–Crippen LogP) is 1.80. The minimum absolute atomic E-state index is 0.123. The Balaban J connectivity index is 1.62. The number of amides is 1. The van der Waals surface area contributed by atoms with Crippen LogP contribution in [-0.4, -0.2) is 40.6 Å². The molecule has 0 unspecified atom stereocenters. The standard InChI is InChI=1S/C17H19N5O3S/c1-26(24,25)21-17(23)6-3-9-22-12-15(11-19-22)13-4-2-5-14(10-13)16-7-8-18-20-16/h2,4-5,7-8,10-12H,3,6,9H2,1H3,(H,18,20)(H,21,23). The van der Waals surface area contributed by atoms with Crippen molar-refractivity contribution >= 4 is 15.9 Å². The number of aromatic nitrogens is 4. The third-order valence-electron chi connectivity index (χ3n) is 3.73. The van der Waals surface area contributed by atoms with Crippen LogP contribution in [0.15, 0.2) is 48.9 Å². The van der Waals surface area contributed by atoms with Crippen LogP contribution in [0.2, 0.25) is 0 Å². The van der Waals surface area contributed by atoms with Gasteiger partial charge in [-0.3, -0.25) is 19.3 Å². The SMILES string of the molecule is CS(=O)(=O)NC(=O)CCCn1cc(-c2cccc(-c3ccn[nH]3)c2)cn1. The lowest BCUT2D eigenvalue weighted by atomic mass is 10.0. The summed E-state index contributed by atoms with van der Waals surface area (Å²) in [7, 11) is -3.50. The molecule has 0 bridgehead atoms. The first kappa shape index (κ1) is 17.9. The second-order valence-electron chi connectivity index (χ2n) is 5.94. The van der Waals surface area contributed by atoms with Gasteiger partial charge in [-0.25, -0.2) is 8.42 Å². The van der Waals surface area contributed by atoms with Crippen LogP contribution in [0.1, 0.15) is 12.8 Å². The van der Waals surface area contributed by atoms with Crippen molar-refractivity contribution in [2.24, 2.45) is 0 Å². The molecular formula is C17H19N5O3S. The molecule has 0 spiro atoms. The summed E-state index contributed by atoms with van der Waals surface area (Å²) in [6.45, 7) is 0.525. The van der Waals surface area contributed by atoms with Crippen molar-refractivity contribution in [1.29, 1.82) is 0 Å². The van der Waals surface area contributed by atoms with Gasteiger partial charge in [0.25, 0.3) is 0 Å². The number of H-pyrrole nitrogens is 1. The fourth-order valence-corrected chi connectivity index (χ4v) is 3.09. The van der Waals surface area contributed by atoms with E-state index in [1.165, 1.54) is 0 Å². The third kappa shape index (κ3) is 4.79. The van der Waals surface area contributed by atoms with E-state index in [0.29, 0.717) is 13.0 Å². The van der Waals surface area contributed by atoms with Crippen molar-refractivity contribution in [3.8, 4) is 22.4 Å². The van der Waals surface area contributed by atoms with Gasteiger partial charge in [0.15, 0.2) is 0 Å². The van der Waals surface area contributed by atoms with Crippen molar-refractivity contribution in [3.63, 3.8) is 0 Å². The first-order chi connectivity index (χ1) is 12.4. The number of hydrogen-bond donors (Lipinski definition) is 2. The predicted molar refractivity (Wildman–Crippen MR) is 97.5 cm³/mol. The summed E-state index contributed by atoms with van der Waals surface area (Å²) in [5.41, 5.74) is 3.96. The van der Waals surface area contributed by atoms with Crippen LogP contribution >= 0.6 is 0 Å². The summed E-state index contributed by atoms with van der Waals surface area (Å²) in [5, 5.41) is 11.2. The van der Waals surface area contributed by atoms with Gasteiger partial charge in [0.05, 0.1) is 18.1 Å². The highest BCUT2D eigenvalue weighted by molar-refractivity contribution is 7.89. The van der Waals surface area contributed by atoms with E-state index in [-0.39, 0.29) is 6.42 Å². The van der Waals surface area contributed by atoms with Crippen LogP contribution in [0.25, 0.3) is 22.4 Å². The minimum atomic E-state index is -3.50. The molecule has 0 fully saturated rings. The zero-order chi connectivity index (χ0) is 18.6. The largest absolute Gasteiger partial charge is 0.278 e. The summed E-state index contributed by atoms with van der Waals surface area (Å²) >= 11 is 0. The molecule has 2 heterocycles. The Bertz CT molecular complexity index is 993. The van der Waals surface area contributed by atoms with Crippen molar-refractivity contribution in [1.82, 2.24) is 24.7 Å². The molecule has 0 aliphatic carbocycles. The molecule has 0 saturated carbocycles. The number of rotatable bonds is 7. The van der Waals surface area contributed by atoms with E-state index < -0.39 is 15.9 Å². The Morgan fingerprint density at radius 3 is 2.77 bits per heavy atom. The van der Waals surface area contributed by atoms with E-state index in [0.717, 1.165) is 28.6 Å². The lowest BCUT2D eigenvalue weighted by molar-refractivity contribution is -0.119. The van der Waals surface area contributed by atoms with Gasteiger partial charge in [0.2, 0.25) is 15.9 Å². The number of aryl methyl sites for hydroxylation is 1. The second-order valence-corrected chi connectivity index (χ2v) is 7.69. The molecule has 2 aromatic heterocycles. The van der Waals surface area contributed by atoms with Gasteiger partial charge in [-0.1, -0.05) is 18.2 Å². The van der Waals surface area contributed by atoms with Crippen LogP contribution in [0.5, 0.6) is 0 Å².